The number of anilines is 1. The number of hydrogen-bond acceptors (Lipinski definition) is 2. The highest BCUT2D eigenvalue weighted by atomic mass is 15.1. The summed E-state index contributed by atoms with van der Waals surface area (Å²) in [5, 5.41) is 3.54. The summed E-state index contributed by atoms with van der Waals surface area (Å²) in [4.78, 5) is 2.19. The van der Waals surface area contributed by atoms with E-state index in [1.54, 1.807) is 0 Å². The molecule has 0 aliphatic heterocycles. The van der Waals surface area contributed by atoms with Crippen LogP contribution in [0.5, 0.6) is 0 Å². The summed E-state index contributed by atoms with van der Waals surface area (Å²) < 4.78 is 0. The van der Waals surface area contributed by atoms with Gasteiger partial charge in [-0.3, -0.25) is 0 Å². The topological polar surface area (TPSA) is 15.3 Å². The highest BCUT2D eigenvalue weighted by Crippen LogP contribution is 2.17. The molecular formula is C17H22N2. The molecular weight excluding hydrogens is 232 g/mol. The van der Waals surface area contributed by atoms with Crippen molar-refractivity contribution < 1.29 is 0 Å². The van der Waals surface area contributed by atoms with Crippen LogP contribution in [0.1, 0.15) is 16.7 Å². The minimum absolute atomic E-state index is 0.867. The Kier molecular flexibility index (Phi) is 4.58. The number of aryl methyl sites for hydroxylation is 1. The van der Waals surface area contributed by atoms with Crippen molar-refractivity contribution in [1.29, 1.82) is 0 Å². The number of rotatable bonds is 5. The fourth-order valence-corrected chi connectivity index (χ4v) is 2.19. The van der Waals surface area contributed by atoms with Crippen LogP contribution in [-0.4, -0.2) is 19.0 Å². The molecule has 0 saturated carbocycles. The first-order valence-corrected chi connectivity index (χ1v) is 6.67. The summed E-state index contributed by atoms with van der Waals surface area (Å²) >= 11 is 0. The maximum atomic E-state index is 3.54. The van der Waals surface area contributed by atoms with Gasteiger partial charge in [-0.2, -0.15) is 0 Å². The molecule has 0 heterocycles. The summed E-state index contributed by atoms with van der Waals surface area (Å²) in [5.41, 5.74) is 5.18. The average Bonchev–Trinajstić information content (AvgIpc) is 2.37. The van der Waals surface area contributed by atoms with Crippen LogP contribution in [0.3, 0.4) is 0 Å². The van der Waals surface area contributed by atoms with Crippen molar-refractivity contribution in [1.82, 2.24) is 4.90 Å². The first kappa shape index (κ1) is 13.6. The molecule has 0 unspecified atom stereocenters. The molecule has 19 heavy (non-hydrogen) atoms. The number of hydrogen-bond donors (Lipinski definition) is 1. The van der Waals surface area contributed by atoms with Gasteiger partial charge in [-0.05, 0) is 38.2 Å². The second-order valence-electron chi connectivity index (χ2n) is 5.24. The summed E-state index contributed by atoms with van der Waals surface area (Å²) in [6, 6.07) is 17.1. The summed E-state index contributed by atoms with van der Waals surface area (Å²) in [6.45, 7) is 3.95. The van der Waals surface area contributed by atoms with Gasteiger partial charge in [0.1, 0.15) is 0 Å². The van der Waals surface area contributed by atoms with Gasteiger partial charge in [-0.15, -0.1) is 0 Å². The molecule has 0 atom stereocenters. The molecule has 100 valence electrons. The first-order valence-electron chi connectivity index (χ1n) is 6.67. The normalized spacial score (nSPS) is 10.7. The van der Waals surface area contributed by atoms with Gasteiger partial charge in [0.05, 0.1) is 0 Å². The lowest BCUT2D eigenvalue weighted by molar-refractivity contribution is 0.403. The molecule has 0 radical (unpaired) electrons. The summed E-state index contributed by atoms with van der Waals surface area (Å²) in [7, 11) is 4.19. The van der Waals surface area contributed by atoms with Gasteiger partial charge >= 0.3 is 0 Å². The molecule has 1 N–H and O–H groups in total. The highest BCUT2D eigenvalue weighted by Gasteiger charge is 2.02. The van der Waals surface area contributed by atoms with Crippen LogP contribution in [0.15, 0.2) is 48.5 Å². The lowest BCUT2D eigenvalue weighted by atomic mass is 10.1. The zero-order valence-corrected chi connectivity index (χ0v) is 12.0. The van der Waals surface area contributed by atoms with E-state index in [0.29, 0.717) is 0 Å². The third-order valence-electron chi connectivity index (χ3n) is 3.07. The molecule has 2 aromatic rings. The Morgan fingerprint density at radius 3 is 2.53 bits per heavy atom. The predicted molar refractivity (Wildman–Crippen MR) is 82.3 cm³/mol. The molecule has 0 aliphatic rings. The molecule has 0 spiro atoms. The van der Waals surface area contributed by atoms with E-state index in [0.717, 1.165) is 13.1 Å². The van der Waals surface area contributed by atoms with Gasteiger partial charge in [-0.25, -0.2) is 0 Å². The van der Waals surface area contributed by atoms with Crippen molar-refractivity contribution in [3.05, 3.63) is 65.2 Å². The van der Waals surface area contributed by atoms with E-state index in [2.05, 4.69) is 79.8 Å². The Bertz CT molecular complexity index is 532. The molecule has 2 rings (SSSR count). The van der Waals surface area contributed by atoms with E-state index in [1.165, 1.54) is 22.4 Å². The SMILES string of the molecule is Cc1cccc(CNc2ccccc2CN(C)C)c1. The molecule has 0 saturated heterocycles. The van der Waals surface area contributed by atoms with Crippen LogP contribution in [0.25, 0.3) is 0 Å². The van der Waals surface area contributed by atoms with Crippen molar-refractivity contribution in [3.8, 4) is 0 Å². The van der Waals surface area contributed by atoms with E-state index in [9.17, 15) is 0 Å². The Balaban J connectivity index is 2.07. The maximum absolute atomic E-state index is 3.54. The maximum Gasteiger partial charge on any atom is 0.0400 e. The number of para-hydroxylation sites is 1. The Hall–Kier alpha value is -1.80. The number of nitrogens with one attached hydrogen (secondary N) is 1. The van der Waals surface area contributed by atoms with E-state index >= 15 is 0 Å². The highest BCUT2D eigenvalue weighted by molar-refractivity contribution is 5.51. The zero-order valence-electron chi connectivity index (χ0n) is 12.0. The second kappa shape index (κ2) is 6.39. The van der Waals surface area contributed by atoms with E-state index in [4.69, 9.17) is 0 Å². The van der Waals surface area contributed by atoms with Crippen LogP contribution in [0.2, 0.25) is 0 Å². The van der Waals surface area contributed by atoms with Gasteiger partial charge < -0.3 is 10.2 Å². The zero-order chi connectivity index (χ0) is 13.7. The van der Waals surface area contributed by atoms with Crippen molar-refractivity contribution >= 4 is 5.69 Å². The van der Waals surface area contributed by atoms with Gasteiger partial charge in [0.25, 0.3) is 0 Å². The fraction of sp³-hybridized carbons (Fsp3) is 0.294. The molecule has 2 nitrogen and oxygen atoms in total. The molecule has 0 amide bonds. The largest absolute Gasteiger partial charge is 0.381 e. The van der Waals surface area contributed by atoms with E-state index in [1.807, 2.05) is 0 Å². The molecule has 0 fully saturated rings. The fourth-order valence-electron chi connectivity index (χ4n) is 2.19. The van der Waals surface area contributed by atoms with Gasteiger partial charge in [0.2, 0.25) is 0 Å². The monoisotopic (exact) mass is 254 g/mol. The lowest BCUT2D eigenvalue weighted by Crippen LogP contribution is -2.12. The minimum Gasteiger partial charge on any atom is -0.381 e. The second-order valence-corrected chi connectivity index (χ2v) is 5.24. The minimum atomic E-state index is 0.867. The Labute approximate surface area is 116 Å². The lowest BCUT2D eigenvalue weighted by Gasteiger charge is -2.15. The van der Waals surface area contributed by atoms with Gasteiger partial charge in [0, 0.05) is 18.8 Å². The van der Waals surface area contributed by atoms with Gasteiger partial charge in [0.15, 0.2) is 0 Å². The standard InChI is InChI=1S/C17H22N2/c1-14-7-6-8-15(11-14)12-18-17-10-5-4-9-16(17)13-19(2)3/h4-11,18H,12-13H2,1-3H3. The average molecular weight is 254 g/mol. The van der Waals surface area contributed by atoms with Crippen LogP contribution >= 0.6 is 0 Å². The third kappa shape index (κ3) is 4.11. The van der Waals surface area contributed by atoms with Crippen molar-refractivity contribution in [2.24, 2.45) is 0 Å². The number of nitrogens with zero attached hydrogens (tertiary/aromatic N) is 1. The number of benzene rings is 2. The Morgan fingerprint density at radius 2 is 1.79 bits per heavy atom. The summed E-state index contributed by atoms with van der Waals surface area (Å²) in [5.74, 6) is 0. The molecule has 0 aromatic heterocycles. The predicted octanol–water partition coefficient (Wildman–Crippen LogP) is 3.67. The van der Waals surface area contributed by atoms with Crippen molar-refractivity contribution in [2.75, 3.05) is 19.4 Å². The van der Waals surface area contributed by atoms with Crippen LogP contribution < -0.4 is 5.32 Å². The Morgan fingerprint density at radius 1 is 1.00 bits per heavy atom. The van der Waals surface area contributed by atoms with Crippen molar-refractivity contribution in [3.63, 3.8) is 0 Å². The smallest absolute Gasteiger partial charge is 0.0400 e. The third-order valence-corrected chi connectivity index (χ3v) is 3.07. The molecule has 0 aliphatic carbocycles. The summed E-state index contributed by atoms with van der Waals surface area (Å²) in [6.07, 6.45) is 0. The van der Waals surface area contributed by atoms with Crippen molar-refractivity contribution in [2.45, 2.75) is 20.0 Å². The van der Waals surface area contributed by atoms with Crippen LogP contribution in [0.4, 0.5) is 5.69 Å². The van der Waals surface area contributed by atoms with E-state index < -0.39 is 0 Å². The molecule has 0 bridgehead atoms. The van der Waals surface area contributed by atoms with Crippen LogP contribution in [0, 0.1) is 6.92 Å². The quantitative estimate of drug-likeness (QED) is 0.876. The van der Waals surface area contributed by atoms with Gasteiger partial charge in [-0.1, -0.05) is 48.0 Å². The van der Waals surface area contributed by atoms with Crippen LogP contribution in [-0.2, 0) is 13.1 Å². The molecule has 2 heteroatoms. The molecule has 2 aromatic carbocycles. The van der Waals surface area contributed by atoms with E-state index in [-0.39, 0.29) is 0 Å². The first-order chi connectivity index (χ1) is 9.15.